The molecule has 1 aliphatic rings. The second-order valence-electron chi connectivity index (χ2n) is 4.77. The molecule has 82 valence electrons. The van der Waals surface area contributed by atoms with Crippen molar-refractivity contribution in [3.05, 3.63) is 0 Å². The molecule has 1 fully saturated rings. The van der Waals surface area contributed by atoms with E-state index in [1.807, 2.05) is 20.8 Å². The fourth-order valence-corrected chi connectivity index (χ4v) is 1.34. The maximum atomic E-state index is 11.5. The lowest BCUT2D eigenvalue weighted by molar-refractivity contribution is 0.0183. The molecule has 4 heteroatoms. The van der Waals surface area contributed by atoms with Crippen LogP contribution in [0.2, 0.25) is 0 Å². The Morgan fingerprint density at radius 1 is 1.21 bits per heavy atom. The number of likely N-dealkylation sites (tertiary alicyclic amines) is 1. The summed E-state index contributed by atoms with van der Waals surface area (Å²) in [5, 5.41) is 0. The fraction of sp³-hybridized carbons (Fsp3) is 0.900. The zero-order chi connectivity index (χ0) is 10.6. The summed E-state index contributed by atoms with van der Waals surface area (Å²) in [7, 11) is 0. The van der Waals surface area contributed by atoms with E-state index in [1.54, 1.807) is 4.90 Å². The van der Waals surface area contributed by atoms with E-state index in [-0.39, 0.29) is 11.6 Å². The third-order valence-electron chi connectivity index (χ3n) is 2.06. The van der Waals surface area contributed by atoms with Gasteiger partial charge >= 0.3 is 6.09 Å². The zero-order valence-electron chi connectivity index (χ0n) is 9.30. The highest BCUT2D eigenvalue weighted by Gasteiger charge is 2.20. The van der Waals surface area contributed by atoms with Gasteiger partial charge in [-0.1, -0.05) is 0 Å². The smallest absolute Gasteiger partial charge is 0.353 e. The summed E-state index contributed by atoms with van der Waals surface area (Å²) in [5.41, 5.74) is 2.54. The van der Waals surface area contributed by atoms with Crippen molar-refractivity contribution in [2.75, 3.05) is 13.1 Å². The van der Waals surface area contributed by atoms with Crippen molar-refractivity contribution in [1.82, 2.24) is 10.4 Å². The van der Waals surface area contributed by atoms with E-state index in [9.17, 15) is 4.79 Å². The molecule has 0 aromatic carbocycles. The molecule has 1 amide bonds. The Kier molecular flexibility index (Phi) is 3.75. The first-order valence-corrected chi connectivity index (χ1v) is 5.22. The molecular weight excluding hydrogens is 180 g/mol. The van der Waals surface area contributed by atoms with Crippen molar-refractivity contribution in [3.8, 4) is 0 Å². The number of nitrogens with zero attached hydrogens (tertiary/aromatic N) is 1. The molecule has 4 nitrogen and oxygen atoms in total. The Labute approximate surface area is 85.6 Å². The van der Waals surface area contributed by atoms with E-state index < -0.39 is 0 Å². The molecule has 0 spiro atoms. The molecule has 1 saturated heterocycles. The summed E-state index contributed by atoms with van der Waals surface area (Å²) in [5.74, 6) is 0. The molecule has 1 rings (SSSR count). The van der Waals surface area contributed by atoms with Gasteiger partial charge in [0.2, 0.25) is 0 Å². The van der Waals surface area contributed by atoms with Crippen LogP contribution in [0.5, 0.6) is 0 Å². The van der Waals surface area contributed by atoms with Crippen LogP contribution in [-0.2, 0) is 4.84 Å². The minimum absolute atomic E-state index is 0.189. The number of hydrogen-bond acceptors (Lipinski definition) is 3. The molecule has 0 radical (unpaired) electrons. The van der Waals surface area contributed by atoms with Crippen molar-refractivity contribution >= 4 is 6.09 Å². The lowest BCUT2D eigenvalue weighted by Crippen LogP contribution is -2.43. The van der Waals surface area contributed by atoms with Crippen LogP contribution >= 0.6 is 0 Å². The topological polar surface area (TPSA) is 41.6 Å². The summed E-state index contributed by atoms with van der Waals surface area (Å²) in [4.78, 5) is 18.2. The van der Waals surface area contributed by atoms with Crippen LogP contribution < -0.4 is 5.48 Å². The number of carbonyl (C=O) groups excluding carboxylic acids is 1. The zero-order valence-corrected chi connectivity index (χ0v) is 9.30. The van der Waals surface area contributed by atoms with Gasteiger partial charge < -0.3 is 9.74 Å². The number of nitrogens with one attached hydrogen (secondary N) is 1. The first-order valence-electron chi connectivity index (χ1n) is 5.22. The molecule has 0 unspecified atom stereocenters. The van der Waals surface area contributed by atoms with Crippen molar-refractivity contribution in [1.29, 1.82) is 0 Å². The maximum absolute atomic E-state index is 11.5. The minimum atomic E-state index is -0.250. The summed E-state index contributed by atoms with van der Waals surface area (Å²) in [6.45, 7) is 7.51. The third-order valence-corrected chi connectivity index (χ3v) is 2.06. The molecule has 1 aliphatic heterocycles. The molecule has 1 heterocycles. The second kappa shape index (κ2) is 4.64. The van der Waals surface area contributed by atoms with E-state index >= 15 is 0 Å². The van der Waals surface area contributed by atoms with Crippen LogP contribution in [0.4, 0.5) is 4.79 Å². The van der Waals surface area contributed by atoms with Crippen LogP contribution in [0.15, 0.2) is 0 Å². The first-order chi connectivity index (χ1) is 6.49. The molecule has 0 aromatic heterocycles. The van der Waals surface area contributed by atoms with Crippen molar-refractivity contribution in [2.45, 2.75) is 45.6 Å². The van der Waals surface area contributed by atoms with E-state index in [0.717, 1.165) is 25.9 Å². The average Bonchev–Trinajstić information content (AvgIpc) is 2.14. The predicted octanol–water partition coefficient (Wildman–Crippen LogP) is 1.91. The molecule has 1 N–H and O–H groups in total. The molecule has 0 aromatic rings. The predicted molar refractivity (Wildman–Crippen MR) is 54.8 cm³/mol. The number of hydroxylamine groups is 1. The molecule has 14 heavy (non-hydrogen) atoms. The van der Waals surface area contributed by atoms with Gasteiger partial charge in [-0.25, -0.2) is 4.79 Å². The van der Waals surface area contributed by atoms with Crippen LogP contribution in [-0.4, -0.2) is 29.6 Å². The van der Waals surface area contributed by atoms with E-state index in [4.69, 9.17) is 4.84 Å². The highest BCUT2D eigenvalue weighted by atomic mass is 16.7. The van der Waals surface area contributed by atoms with E-state index in [0.29, 0.717) is 0 Å². The Morgan fingerprint density at radius 2 is 1.79 bits per heavy atom. The fourth-order valence-electron chi connectivity index (χ4n) is 1.34. The summed E-state index contributed by atoms with van der Waals surface area (Å²) < 4.78 is 0. The number of carbonyl (C=O) groups is 1. The number of hydrogen-bond donors (Lipinski definition) is 1. The van der Waals surface area contributed by atoms with Crippen LogP contribution in [0.25, 0.3) is 0 Å². The van der Waals surface area contributed by atoms with Crippen molar-refractivity contribution < 1.29 is 9.63 Å². The molecule has 0 aliphatic carbocycles. The lowest BCUT2D eigenvalue weighted by Gasteiger charge is -2.27. The van der Waals surface area contributed by atoms with E-state index in [1.165, 1.54) is 6.42 Å². The Morgan fingerprint density at radius 3 is 2.29 bits per heavy atom. The van der Waals surface area contributed by atoms with Crippen LogP contribution in [0, 0.1) is 0 Å². The van der Waals surface area contributed by atoms with Gasteiger partial charge in [0.05, 0.1) is 0 Å². The highest BCUT2D eigenvalue weighted by Crippen LogP contribution is 2.09. The highest BCUT2D eigenvalue weighted by molar-refractivity contribution is 5.67. The number of rotatable bonds is 1. The molecule has 0 atom stereocenters. The van der Waals surface area contributed by atoms with Crippen LogP contribution in [0.3, 0.4) is 0 Å². The quantitative estimate of drug-likeness (QED) is 0.657. The van der Waals surface area contributed by atoms with Gasteiger partial charge in [0.1, 0.15) is 0 Å². The van der Waals surface area contributed by atoms with Gasteiger partial charge in [-0.2, -0.15) is 0 Å². The first kappa shape index (κ1) is 11.3. The van der Waals surface area contributed by atoms with Gasteiger partial charge in [0, 0.05) is 18.6 Å². The van der Waals surface area contributed by atoms with Gasteiger partial charge in [-0.15, -0.1) is 5.48 Å². The third kappa shape index (κ3) is 3.96. The molecule has 0 saturated carbocycles. The lowest BCUT2D eigenvalue weighted by atomic mass is 10.1. The largest absolute Gasteiger partial charge is 0.428 e. The Hall–Kier alpha value is -0.770. The summed E-state index contributed by atoms with van der Waals surface area (Å²) >= 11 is 0. The summed E-state index contributed by atoms with van der Waals surface area (Å²) in [6.07, 6.45) is 3.14. The minimum Gasteiger partial charge on any atom is -0.353 e. The SMILES string of the molecule is CC(C)(C)NOC(=O)N1CCCCC1. The molecule has 0 bridgehead atoms. The Bertz CT molecular complexity index is 193. The van der Waals surface area contributed by atoms with Gasteiger partial charge in [0.15, 0.2) is 0 Å². The van der Waals surface area contributed by atoms with Crippen molar-refractivity contribution in [3.63, 3.8) is 0 Å². The maximum Gasteiger partial charge on any atom is 0.428 e. The normalized spacial score (nSPS) is 18.1. The molecular formula is C10H20N2O2. The monoisotopic (exact) mass is 200 g/mol. The van der Waals surface area contributed by atoms with Gasteiger partial charge in [0.25, 0.3) is 0 Å². The number of amides is 1. The van der Waals surface area contributed by atoms with E-state index in [2.05, 4.69) is 5.48 Å². The Balaban J connectivity index is 2.27. The van der Waals surface area contributed by atoms with Gasteiger partial charge in [-0.05, 0) is 40.0 Å². The second-order valence-corrected chi connectivity index (χ2v) is 4.77. The number of piperidine rings is 1. The standard InChI is InChI=1S/C10H20N2O2/c1-10(2,3)11-14-9(13)12-7-5-4-6-8-12/h11H,4-8H2,1-3H3. The van der Waals surface area contributed by atoms with Crippen molar-refractivity contribution in [2.24, 2.45) is 0 Å². The van der Waals surface area contributed by atoms with Crippen LogP contribution in [0.1, 0.15) is 40.0 Å². The summed E-state index contributed by atoms with van der Waals surface area (Å²) in [6, 6.07) is 0. The average molecular weight is 200 g/mol. The van der Waals surface area contributed by atoms with Gasteiger partial charge in [-0.3, -0.25) is 0 Å².